The highest BCUT2D eigenvalue weighted by molar-refractivity contribution is 6.03. The Morgan fingerprint density at radius 1 is 0.935 bits per heavy atom. The van der Waals surface area contributed by atoms with E-state index in [0.29, 0.717) is 5.56 Å². The lowest BCUT2D eigenvalue weighted by atomic mass is 9.86. The zero-order valence-corrected chi connectivity index (χ0v) is 17.2. The van der Waals surface area contributed by atoms with Gasteiger partial charge in [-0.3, -0.25) is 9.63 Å². The summed E-state index contributed by atoms with van der Waals surface area (Å²) in [7, 11) is 1.66. The Hall–Kier alpha value is -3.63. The molecule has 4 nitrogen and oxygen atoms in total. The first kappa shape index (κ1) is 19.3. The maximum atomic E-state index is 13.7. The summed E-state index contributed by atoms with van der Waals surface area (Å²) in [6, 6.07) is 26.8. The van der Waals surface area contributed by atoms with Crippen molar-refractivity contribution < 1.29 is 14.4 Å². The van der Waals surface area contributed by atoms with E-state index in [4.69, 9.17) is 9.57 Å². The predicted molar refractivity (Wildman–Crippen MR) is 122 cm³/mol. The summed E-state index contributed by atoms with van der Waals surface area (Å²) in [5, 5.41) is 1.79. The number of ether oxygens (including phenoxy) is 1. The van der Waals surface area contributed by atoms with Crippen molar-refractivity contribution in [3.8, 4) is 5.75 Å². The first-order chi connectivity index (χ1) is 15.2. The van der Waals surface area contributed by atoms with Crippen molar-refractivity contribution in [1.82, 2.24) is 0 Å². The molecular formula is C27H23NO3. The zero-order valence-electron chi connectivity index (χ0n) is 17.2. The van der Waals surface area contributed by atoms with Gasteiger partial charge in [-0.25, -0.2) is 5.06 Å². The van der Waals surface area contributed by atoms with E-state index in [0.717, 1.165) is 22.6 Å². The number of nitrogens with zero attached hydrogens (tertiary/aromatic N) is 1. The van der Waals surface area contributed by atoms with Crippen LogP contribution in [0.1, 0.15) is 15.9 Å². The lowest BCUT2D eigenvalue weighted by molar-refractivity contribution is 0.0885. The van der Waals surface area contributed by atoms with Gasteiger partial charge in [0.2, 0.25) is 0 Å². The minimum atomic E-state index is -0.450. The van der Waals surface area contributed by atoms with E-state index in [-0.39, 0.29) is 17.8 Å². The van der Waals surface area contributed by atoms with E-state index >= 15 is 0 Å². The molecule has 0 bridgehead atoms. The SMILES string of the molecule is COc1ccc(/C=C2/C=C[C@H]3ON(c4ccccc4)[C@H](C(=O)c4ccccc4)[C@@H]23)cc1. The van der Waals surface area contributed by atoms with Gasteiger partial charge in [-0.1, -0.05) is 78.9 Å². The summed E-state index contributed by atoms with van der Waals surface area (Å²) >= 11 is 0. The van der Waals surface area contributed by atoms with Gasteiger partial charge in [-0.2, -0.15) is 0 Å². The summed E-state index contributed by atoms with van der Waals surface area (Å²) in [6.07, 6.45) is 6.08. The van der Waals surface area contributed by atoms with Crippen molar-refractivity contribution in [3.05, 3.63) is 114 Å². The van der Waals surface area contributed by atoms with Crippen molar-refractivity contribution in [2.45, 2.75) is 12.1 Å². The number of para-hydroxylation sites is 1. The number of hydrogen-bond donors (Lipinski definition) is 0. The van der Waals surface area contributed by atoms with E-state index < -0.39 is 6.04 Å². The van der Waals surface area contributed by atoms with Crippen LogP contribution in [0, 0.1) is 5.92 Å². The molecule has 3 aromatic rings. The molecule has 1 saturated heterocycles. The molecule has 1 fully saturated rings. The molecule has 5 rings (SSSR count). The summed E-state index contributed by atoms with van der Waals surface area (Å²) in [4.78, 5) is 20.0. The molecule has 0 amide bonds. The molecular weight excluding hydrogens is 386 g/mol. The Labute approximate surface area is 182 Å². The first-order valence-electron chi connectivity index (χ1n) is 10.4. The lowest BCUT2D eigenvalue weighted by Gasteiger charge is -2.26. The van der Waals surface area contributed by atoms with Gasteiger partial charge < -0.3 is 4.74 Å². The molecule has 3 aromatic carbocycles. The summed E-state index contributed by atoms with van der Waals surface area (Å²) < 4.78 is 5.26. The van der Waals surface area contributed by atoms with Crippen molar-refractivity contribution in [2.75, 3.05) is 12.2 Å². The fourth-order valence-corrected chi connectivity index (χ4v) is 4.31. The molecule has 1 heterocycles. The molecule has 4 heteroatoms. The van der Waals surface area contributed by atoms with Crippen LogP contribution in [0.25, 0.3) is 6.08 Å². The number of Topliss-reactive ketones (excluding diaryl/α,β-unsaturated/α-hetero) is 1. The molecule has 0 radical (unpaired) electrons. The average molecular weight is 409 g/mol. The van der Waals surface area contributed by atoms with Crippen molar-refractivity contribution in [1.29, 1.82) is 0 Å². The number of rotatable bonds is 5. The van der Waals surface area contributed by atoms with Gasteiger partial charge in [0.05, 0.1) is 12.8 Å². The second-order valence-electron chi connectivity index (χ2n) is 7.71. The van der Waals surface area contributed by atoms with Crippen LogP contribution >= 0.6 is 0 Å². The number of methoxy groups -OCH3 is 1. The van der Waals surface area contributed by atoms with Gasteiger partial charge in [0.15, 0.2) is 5.78 Å². The third kappa shape index (κ3) is 3.66. The van der Waals surface area contributed by atoms with E-state index in [9.17, 15) is 4.79 Å². The Bertz CT molecular complexity index is 1120. The molecule has 154 valence electrons. The number of anilines is 1. The molecule has 3 atom stereocenters. The summed E-state index contributed by atoms with van der Waals surface area (Å²) in [6.45, 7) is 0. The smallest absolute Gasteiger partial charge is 0.188 e. The number of hydroxylamine groups is 1. The Balaban J connectivity index is 1.54. The lowest BCUT2D eigenvalue weighted by Crippen LogP contribution is -2.40. The quantitative estimate of drug-likeness (QED) is 0.534. The number of carbonyl (C=O) groups excluding carboxylic acids is 1. The molecule has 0 unspecified atom stereocenters. The third-order valence-electron chi connectivity index (χ3n) is 5.83. The van der Waals surface area contributed by atoms with Crippen molar-refractivity contribution >= 4 is 17.5 Å². The molecule has 0 saturated carbocycles. The highest BCUT2D eigenvalue weighted by Crippen LogP contribution is 2.43. The van der Waals surface area contributed by atoms with Crippen LogP contribution in [-0.2, 0) is 4.84 Å². The molecule has 0 aromatic heterocycles. The Kier molecular flexibility index (Phi) is 5.14. The van der Waals surface area contributed by atoms with Gasteiger partial charge in [0.25, 0.3) is 0 Å². The van der Waals surface area contributed by atoms with Crippen LogP contribution in [0.2, 0.25) is 0 Å². The van der Waals surface area contributed by atoms with Crippen molar-refractivity contribution in [3.63, 3.8) is 0 Å². The monoisotopic (exact) mass is 409 g/mol. The number of allylic oxidation sites excluding steroid dienone is 1. The second kappa shape index (κ2) is 8.25. The van der Waals surface area contributed by atoms with E-state index in [2.05, 4.69) is 12.2 Å². The normalized spacial score (nSPS) is 23.2. The van der Waals surface area contributed by atoms with Crippen LogP contribution in [0.5, 0.6) is 5.75 Å². The maximum absolute atomic E-state index is 13.7. The highest BCUT2D eigenvalue weighted by Gasteiger charge is 2.50. The largest absolute Gasteiger partial charge is 0.497 e. The van der Waals surface area contributed by atoms with E-state index in [1.54, 1.807) is 12.2 Å². The van der Waals surface area contributed by atoms with Crippen LogP contribution in [-0.4, -0.2) is 25.0 Å². The molecule has 1 aliphatic heterocycles. The van der Waals surface area contributed by atoms with Crippen LogP contribution in [0.4, 0.5) is 5.69 Å². The number of carbonyl (C=O) groups is 1. The topological polar surface area (TPSA) is 38.8 Å². The highest BCUT2D eigenvalue weighted by atomic mass is 16.7. The summed E-state index contributed by atoms with van der Waals surface area (Å²) in [5.41, 5.74) is 3.71. The fraction of sp³-hybridized carbons (Fsp3) is 0.148. The maximum Gasteiger partial charge on any atom is 0.188 e. The predicted octanol–water partition coefficient (Wildman–Crippen LogP) is 5.34. The molecule has 0 spiro atoms. The number of hydrogen-bond acceptors (Lipinski definition) is 4. The second-order valence-corrected chi connectivity index (χ2v) is 7.71. The Morgan fingerprint density at radius 3 is 2.29 bits per heavy atom. The van der Waals surface area contributed by atoms with Crippen LogP contribution in [0.15, 0.2) is 103 Å². The zero-order chi connectivity index (χ0) is 21.2. The third-order valence-corrected chi connectivity index (χ3v) is 5.83. The van der Waals surface area contributed by atoms with Gasteiger partial charge in [0.1, 0.15) is 17.9 Å². The standard InChI is InChI=1S/C27H23NO3/c1-30-23-15-12-19(13-16-23)18-21-14-17-24-25(21)26(27(29)20-8-4-2-5-9-20)28(31-24)22-10-6-3-7-11-22/h2-18,24-26H,1H3/b21-18-/t24-,25+,26+/m1/s1. The van der Waals surface area contributed by atoms with Crippen LogP contribution in [0.3, 0.4) is 0 Å². The fourth-order valence-electron chi connectivity index (χ4n) is 4.31. The number of fused-ring (bicyclic) bond motifs is 1. The first-order valence-corrected chi connectivity index (χ1v) is 10.4. The van der Waals surface area contributed by atoms with Gasteiger partial charge in [-0.05, 0) is 35.4 Å². The average Bonchev–Trinajstić information content (AvgIpc) is 3.40. The van der Waals surface area contributed by atoms with Crippen LogP contribution < -0.4 is 9.80 Å². The minimum absolute atomic E-state index is 0.0567. The van der Waals surface area contributed by atoms with E-state index in [1.807, 2.05) is 91.0 Å². The molecule has 2 aliphatic rings. The van der Waals surface area contributed by atoms with Crippen molar-refractivity contribution in [2.24, 2.45) is 5.92 Å². The molecule has 0 N–H and O–H groups in total. The van der Waals surface area contributed by atoms with Gasteiger partial charge >= 0.3 is 0 Å². The minimum Gasteiger partial charge on any atom is -0.497 e. The number of benzene rings is 3. The van der Waals surface area contributed by atoms with E-state index in [1.165, 1.54) is 0 Å². The van der Waals surface area contributed by atoms with Gasteiger partial charge in [0, 0.05) is 11.5 Å². The van der Waals surface area contributed by atoms with Gasteiger partial charge in [-0.15, -0.1) is 0 Å². The summed E-state index contributed by atoms with van der Waals surface area (Å²) in [5.74, 6) is 0.787. The Morgan fingerprint density at radius 2 is 1.61 bits per heavy atom. The molecule has 1 aliphatic carbocycles. The number of ketones is 1. The molecule has 31 heavy (non-hydrogen) atoms.